The van der Waals surface area contributed by atoms with Crippen LogP contribution in [0.2, 0.25) is 0 Å². The molecular formula is C19H29NO4S. The molecule has 1 fully saturated rings. The average molecular weight is 368 g/mol. The van der Waals surface area contributed by atoms with Crippen LogP contribution in [0, 0.1) is 11.8 Å². The summed E-state index contributed by atoms with van der Waals surface area (Å²) >= 11 is 0. The molecule has 0 saturated heterocycles. The van der Waals surface area contributed by atoms with Crippen LogP contribution in [-0.2, 0) is 10.0 Å². The van der Waals surface area contributed by atoms with Crippen molar-refractivity contribution in [3.8, 4) is 11.5 Å². The standard InChI is InChI=1S/C19H29NO4S/c1-14(2)19(16-8-9-17-18(12-16)24-11-10-23-17)20-25(21,22)13-15-6-4-3-5-7-15/h8-9,12,14-15,19-20H,3-7,10-11,13H2,1-2H3/t19-/m0/s1. The first-order chi connectivity index (χ1) is 11.9. The fourth-order valence-electron chi connectivity index (χ4n) is 3.75. The van der Waals surface area contributed by atoms with Gasteiger partial charge in [0.15, 0.2) is 11.5 Å². The van der Waals surface area contributed by atoms with Gasteiger partial charge in [0.1, 0.15) is 13.2 Å². The maximum atomic E-state index is 12.7. The molecule has 0 spiro atoms. The van der Waals surface area contributed by atoms with Crippen molar-refractivity contribution in [2.24, 2.45) is 11.8 Å². The smallest absolute Gasteiger partial charge is 0.212 e. The van der Waals surface area contributed by atoms with Gasteiger partial charge in [0.05, 0.1) is 5.75 Å². The third-order valence-corrected chi connectivity index (χ3v) is 6.60. The quantitative estimate of drug-likeness (QED) is 0.833. The molecule has 0 bridgehead atoms. The normalized spacial score (nSPS) is 19.8. The maximum Gasteiger partial charge on any atom is 0.212 e. The van der Waals surface area contributed by atoms with Gasteiger partial charge in [0, 0.05) is 6.04 Å². The van der Waals surface area contributed by atoms with E-state index in [1.54, 1.807) is 0 Å². The van der Waals surface area contributed by atoms with Gasteiger partial charge in [-0.15, -0.1) is 0 Å². The molecule has 1 saturated carbocycles. The third kappa shape index (κ3) is 4.88. The Labute approximate surface area is 151 Å². The number of fused-ring (bicyclic) bond motifs is 1. The summed E-state index contributed by atoms with van der Waals surface area (Å²) in [6, 6.07) is 5.45. The van der Waals surface area contributed by atoms with Gasteiger partial charge in [-0.3, -0.25) is 0 Å². The van der Waals surface area contributed by atoms with E-state index in [1.165, 1.54) is 6.42 Å². The van der Waals surface area contributed by atoms with E-state index in [0.717, 1.165) is 37.0 Å². The first-order valence-corrected chi connectivity index (χ1v) is 11.0. The lowest BCUT2D eigenvalue weighted by molar-refractivity contribution is 0.171. The van der Waals surface area contributed by atoms with E-state index in [2.05, 4.69) is 4.72 Å². The first kappa shape index (κ1) is 18.5. The summed E-state index contributed by atoms with van der Waals surface area (Å²) in [5.41, 5.74) is 0.923. The van der Waals surface area contributed by atoms with E-state index in [0.29, 0.717) is 24.9 Å². The lowest BCUT2D eigenvalue weighted by Crippen LogP contribution is -2.36. The molecule has 25 heavy (non-hydrogen) atoms. The molecule has 1 N–H and O–H groups in total. The Kier molecular flexibility index (Phi) is 5.89. The summed E-state index contributed by atoms with van der Waals surface area (Å²) in [5, 5.41) is 0. The topological polar surface area (TPSA) is 64.6 Å². The summed E-state index contributed by atoms with van der Waals surface area (Å²) in [4.78, 5) is 0. The number of ether oxygens (including phenoxy) is 2. The first-order valence-electron chi connectivity index (χ1n) is 9.34. The van der Waals surface area contributed by atoms with Crippen molar-refractivity contribution < 1.29 is 17.9 Å². The Morgan fingerprint density at radius 2 is 1.76 bits per heavy atom. The number of rotatable bonds is 6. The van der Waals surface area contributed by atoms with E-state index >= 15 is 0 Å². The Morgan fingerprint density at radius 3 is 2.44 bits per heavy atom. The molecule has 1 aromatic rings. The molecule has 1 heterocycles. The van der Waals surface area contributed by atoms with Gasteiger partial charge in [-0.1, -0.05) is 39.2 Å². The molecular weight excluding hydrogens is 338 g/mol. The van der Waals surface area contributed by atoms with Crippen molar-refractivity contribution in [3.63, 3.8) is 0 Å². The van der Waals surface area contributed by atoms with Crippen LogP contribution in [0.1, 0.15) is 57.6 Å². The van der Waals surface area contributed by atoms with Crippen molar-refractivity contribution in [2.75, 3.05) is 19.0 Å². The molecule has 2 aliphatic rings. The maximum absolute atomic E-state index is 12.7. The predicted molar refractivity (Wildman–Crippen MR) is 98.5 cm³/mol. The summed E-state index contributed by atoms with van der Waals surface area (Å²) in [6.07, 6.45) is 5.58. The molecule has 1 aromatic carbocycles. The van der Waals surface area contributed by atoms with Gasteiger partial charge in [0.25, 0.3) is 0 Å². The second kappa shape index (κ2) is 7.96. The monoisotopic (exact) mass is 367 g/mol. The van der Waals surface area contributed by atoms with E-state index in [-0.39, 0.29) is 17.7 Å². The van der Waals surface area contributed by atoms with E-state index in [4.69, 9.17) is 9.47 Å². The van der Waals surface area contributed by atoms with Gasteiger partial charge < -0.3 is 9.47 Å². The molecule has 1 aliphatic heterocycles. The molecule has 0 aromatic heterocycles. The molecule has 6 heteroatoms. The van der Waals surface area contributed by atoms with Crippen LogP contribution in [0.3, 0.4) is 0 Å². The van der Waals surface area contributed by atoms with Crippen LogP contribution in [0.15, 0.2) is 18.2 Å². The average Bonchev–Trinajstić information content (AvgIpc) is 2.59. The zero-order chi connectivity index (χ0) is 17.9. The van der Waals surface area contributed by atoms with E-state index in [9.17, 15) is 8.42 Å². The van der Waals surface area contributed by atoms with Gasteiger partial charge in [-0.2, -0.15) is 0 Å². The van der Waals surface area contributed by atoms with Crippen LogP contribution >= 0.6 is 0 Å². The van der Waals surface area contributed by atoms with Crippen LogP contribution in [0.5, 0.6) is 11.5 Å². The minimum absolute atomic E-state index is 0.142. The van der Waals surface area contributed by atoms with Crippen molar-refractivity contribution in [3.05, 3.63) is 23.8 Å². The van der Waals surface area contributed by atoms with Gasteiger partial charge in [0.2, 0.25) is 10.0 Å². The molecule has 1 atom stereocenters. The second-order valence-electron chi connectivity index (χ2n) is 7.53. The summed E-state index contributed by atoms with van der Waals surface area (Å²) < 4.78 is 39.6. The molecule has 0 radical (unpaired) electrons. The Morgan fingerprint density at radius 1 is 1.08 bits per heavy atom. The van der Waals surface area contributed by atoms with E-state index < -0.39 is 10.0 Å². The lowest BCUT2D eigenvalue weighted by Gasteiger charge is -2.27. The Balaban J connectivity index is 1.74. The van der Waals surface area contributed by atoms with Crippen molar-refractivity contribution in [1.82, 2.24) is 4.72 Å². The summed E-state index contributed by atoms with van der Waals surface area (Å²) in [6.45, 7) is 5.14. The zero-order valence-corrected chi connectivity index (χ0v) is 16.0. The molecule has 3 rings (SSSR count). The molecule has 140 valence electrons. The SMILES string of the molecule is CC(C)[C@H](NS(=O)(=O)CC1CCCCC1)c1ccc2c(c1)OCCO2. The largest absolute Gasteiger partial charge is 0.486 e. The zero-order valence-electron chi connectivity index (χ0n) is 15.2. The third-order valence-electron chi connectivity index (χ3n) is 5.08. The van der Waals surface area contributed by atoms with Gasteiger partial charge in [-0.25, -0.2) is 13.1 Å². The second-order valence-corrected chi connectivity index (χ2v) is 9.33. The van der Waals surface area contributed by atoms with Gasteiger partial charge >= 0.3 is 0 Å². The Bertz CT molecular complexity index is 681. The highest BCUT2D eigenvalue weighted by atomic mass is 32.2. The molecule has 5 nitrogen and oxygen atoms in total. The number of benzene rings is 1. The summed E-state index contributed by atoms with van der Waals surface area (Å²) in [5.74, 6) is 2.09. The van der Waals surface area contributed by atoms with Crippen LogP contribution in [0.25, 0.3) is 0 Å². The molecule has 1 aliphatic carbocycles. The van der Waals surface area contributed by atoms with Crippen LogP contribution < -0.4 is 14.2 Å². The Hall–Kier alpha value is -1.27. The number of hydrogen-bond acceptors (Lipinski definition) is 4. The number of hydrogen-bond donors (Lipinski definition) is 1. The number of nitrogens with one attached hydrogen (secondary N) is 1. The highest BCUT2D eigenvalue weighted by Crippen LogP contribution is 2.35. The molecule has 0 unspecified atom stereocenters. The highest BCUT2D eigenvalue weighted by Gasteiger charge is 2.27. The van der Waals surface area contributed by atoms with Gasteiger partial charge in [-0.05, 0) is 42.4 Å². The van der Waals surface area contributed by atoms with Crippen molar-refractivity contribution in [1.29, 1.82) is 0 Å². The minimum atomic E-state index is -3.32. The van der Waals surface area contributed by atoms with Crippen molar-refractivity contribution in [2.45, 2.75) is 52.0 Å². The van der Waals surface area contributed by atoms with Crippen LogP contribution in [-0.4, -0.2) is 27.4 Å². The van der Waals surface area contributed by atoms with Crippen LogP contribution in [0.4, 0.5) is 0 Å². The predicted octanol–water partition coefficient (Wildman–Crippen LogP) is 3.65. The molecule has 0 amide bonds. The van der Waals surface area contributed by atoms with E-state index in [1.807, 2.05) is 32.0 Å². The van der Waals surface area contributed by atoms with Crippen molar-refractivity contribution >= 4 is 10.0 Å². The highest BCUT2D eigenvalue weighted by molar-refractivity contribution is 7.89. The summed E-state index contributed by atoms with van der Waals surface area (Å²) in [7, 11) is -3.32. The fraction of sp³-hybridized carbons (Fsp3) is 0.684. The number of sulfonamides is 1. The lowest BCUT2D eigenvalue weighted by atomic mass is 9.91. The minimum Gasteiger partial charge on any atom is -0.486 e. The fourth-order valence-corrected chi connectivity index (χ4v) is 5.59.